The van der Waals surface area contributed by atoms with Crippen molar-refractivity contribution in [1.82, 2.24) is 4.98 Å². The normalized spacial score (nSPS) is 11.9. The fraction of sp³-hybridized carbons (Fsp3) is 0.267. The Hall–Kier alpha value is -2.23. The molecule has 1 aromatic carbocycles. The van der Waals surface area contributed by atoms with Crippen molar-refractivity contribution in [3.8, 4) is 11.6 Å². The fourth-order valence-electron chi connectivity index (χ4n) is 1.92. The van der Waals surface area contributed by atoms with Crippen molar-refractivity contribution >= 4 is 5.69 Å². The minimum absolute atomic E-state index is 0.0374. The molecular formula is C15H18N2O2. The zero-order valence-electron chi connectivity index (χ0n) is 11.1. The highest BCUT2D eigenvalue weighted by molar-refractivity contribution is 5.54. The van der Waals surface area contributed by atoms with Crippen LogP contribution in [0, 0.1) is 0 Å². The number of hydrogen-bond acceptors (Lipinski definition) is 4. The van der Waals surface area contributed by atoms with E-state index in [1.54, 1.807) is 18.3 Å². The molecule has 0 saturated carbocycles. The van der Waals surface area contributed by atoms with Gasteiger partial charge in [0.1, 0.15) is 5.75 Å². The Labute approximate surface area is 113 Å². The van der Waals surface area contributed by atoms with E-state index in [0.29, 0.717) is 12.5 Å². The van der Waals surface area contributed by atoms with Crippen LogP contribution in [0.5, 0.6) is 11.6 Å². The molecule has 1 unspecified atom stereocenters. The maximum Gasteiger partial charge on any atom is 0.237 e. The van der Waals surface area contributed by atoms with Crippen LogP contribution in [0.1, 0.15) is 25.5 Å². The molecule has 1 aromatic heterocycles. The molecule has 1 atom stereocenters. The predicted molar refractivity (Wildman–Crippen MR) is 75.6 cm³/mol. The molecule has 0 aliphatic heterocycles. The Bertz CT molecular complexity index is 543. The Balaban J connectivity index is 2.19. The number of ether oxygens (including phenoxy) is 1. The van der Waals surface area contributed by atoms with E-state index in [0.717, 1.165) is 11.3 Å². The number of aromatic nitrogens is 1. The van der Waals surface area contributed by atoms with E-state index in [1.807, 2.05) is 38.1 Å². The topological polar surface area (TPSA) is 54.4 Å². The number of rotatable bonds is 5. The van der Waals surface area contributed by atoms with Crippen LogP contribution in [0.25, 0.3) is 0 Å². The van der Waals surface area contributed by atoms with Crippen LogP contribution in [0.15, 0.2) is 42.6 Å². The Morgan fingerprint density at radius 2 is 2.05 bits per heavy atom. The van der Waals surface area contributed by atoms with Crippen molar-refractivity contribution in [2.45, 2.75) is 19.9 Å². The molecule has 0 amide bonds. The summed E-state index contributed by atoms with van der Waals surface area (Å²) in [6, 6.07) is 11.0. The summed E-state index contributed by atoms with van der Waals surface area (Å²) in [5.74, 6) is 0.858. The van der Waals surface area contributed by atoms with Gasteiger partial charge in [0.25, 0.3) is 0 Å². The highest BCUT2D eigenvalue weighted by Crippen LogP contribution is 2.29. The third-order valence-electron chi connectivity index (χ3n) is 2.83. The van der Waals surface area contributed by atoms with Gasteiger partial charge < -0.3 is 15.2 Å². The van der Waals surface area contributed by atoms with Gasteiger partial charge in [0, 0.05) is 11.8 Å². The molecule has 2 rings (SSSR count). The lowest BCUT2D eigenvalue weighted by Crippen LogP contribution is -2.09. The lowest BCUT2D eigenvalue weighted by atomic mass is 10.1. The van der Waals surface area contributed by atoms with Crippen LogP contribution < -0.4 is 10.1 Å². The molecule has 0 radical (unpaired) electrons. The zero-order chi connectivity index (χ0) is 13.7. The molecule has 2 aromatic rings. The third-order valence-corrected chi connectivity index (χ3v) is 2.83. The second-order valence-corrected chi connectivity index (χ2v) is 4.21. The Morgan fingerprint density at radius 1 is 1.26 bits per heavy atom. The average Bonchev–Trinajstić information content (AvgIpc) is 2.41. The molecule has 2 N–H and O–H groups in total. The largest absolute Gasteiger partial charge is 0.508 e. The molecule has 0 aliphatic rings. The Morgan fingerprint density at radius 3 is 2.79 bits per heavy atom. The molecule has 4 nitrogen and oxygen atoms in total. The van der Waals surface area contributed by atoms with Gasteiger partial charge in [0.05, 0.1) is 18.3 Å². The van der Waals surface area contributed by atoms with E-state index in [9.17, 15) is 5.11 Å². The van der Waals surface area contributed by atoms with Gasteiger partial charge in [-0.25, -0.2) is 4.98 Å². The molecule has 1 heterocycles. The fourth-order valence-corrected chi connectivity index (χ4v) is 1.92. The maximum absolute atomic E-state index is 9.84. The number of anilines is 1. The van der Waals surface area contributed by atoms with E-state index in [4.69, 9.17) is 4.74 Å². The quantitative estimate of drug-likeness (QED) is 0.863. The van der Waals surface area contributed by atoms with Crippen molar-refractivity contribution in [2.75, 3.05) is 11.9 Å². The summed E-state index contributed by atoms with van der Waals surface area (Å²) in [6.45, 7) is 4.47. The lowest BCUT2D eigenvalue weighted by molar-refractivity contribution is 0.328. The number of pyridine rings is 1. The van der Waals surface area contributed by atoms with Crippen LogP contribution >= 0.6 is 0 Å². The second-order valence-electron chi connectivity index (χ2n) is 4.21. The van der Waals surface area contributed by atoms with Gasteiger partial charge in [-0.2, -0.15) is 0 Å². The van der Waals surface area contributed by atoms with E-state index in [1.165, 1.54) is 0 Å². The summed E-state index contributed by atoms with van der Waals surface area (Å²) in [5, 5.41) is 13.1. The number of hydrogen-bond donors (Lipinski definition) is 2. The minimum Gasteiger partial charge on any atom is -0.508 e. The standard InChI is InChI=1S/C15H18N2O2/c1-3-19-15-13(8-6-10-16-15)17-11(2)12-7-4-5-9-14(12)18/h4-11,17-18H,3H2,1-2H3. The minimum atomic E-state index is -0.0374. The van der Waals surface area contributed by atoms with Gasteiger partial charge in [-0.1, -0.05) is 18.2 Å². The van der Waals surface area contributed by atoms with Gasteiger partial charge >= 0.3 is 0 Å². The van der Waals surface area contributed by atoms with Gasteiger partial charge in [-0.3, -0.25) is 0 Å². The van der Waals surface area contributed by atoms with E-state index in [-0.39, 0.29) is 11.8 Å². The maximum atomic E-state index is 9.84. The summed E-state index contributed by atoms with van der Waals surface area (Å²) in [4.78, 5) is 4.19. The summed E-state index contributed by atoms with van der Waals surface area (Å²) in [5.41, 5.74) is 1.66. The summed E-state index contributed by atoms with van der Waals surface area (Å²) < 4.78 is 5.47. The first kappa shape index (κ1) is 13.2. The molecule has 0 spiro atoms. The molecule has 4 heteroatoms. The first-order chi connectivity index (χ1) is 9.22. The van der Waals surface area contributed by atoms with Crippen LogP contribution in [0.2, 0.25) is 0 Å². The van der Waals surface area contributed by atoms with Gasteiger partial charge in [0.2, 0.25) is 5.88 Å². The number of phenolic OH excluding ortho intramolecular Hbond substituents is 1. The van der Waals surface area contributed by atoms with Gasteiger partial charge in [-0.15, -0.1) is 0 Å². The third kappa shape index (κ3) is 3.16. The molecule has 100 valence electrons. The number of benzene rings is 1. The van der Waals surface area contributed by atoms with Crippen LogP contribution in [0.4, 0.5) is 5.69 Å². The first-order valence-corrected chi connectivity index (χ1v) is 6.34. The number of phenols is 1. The molecule has 0 bridgehead atoms. The van der Waals surface area contributed by atoms with Gasteiger partial charge in [-0.05, 0) is 32.0 Å². The van der Waals surface area contributed by atoms with Crippen LogP contribution in [-0.2, 0) is 0 Å². The SMILES string of the molecule is CCOc1ncccc1NC(C)c1ccccc1O. The van der Waals surface area contributed by atoms with Crippen molar-refractivity contribution in [2.24, 2.45) is 0 Å². The first-order valence-electron chi connectivity index (χ1n) is 6.34. The number of nitrogens with one attached hydrogen (secondary N) is 1. The predicted octanol–water partition coefficient (Wildman–Crippen LogP) is 3.36. The van der Waals surface area contributed by atoms with E-state index < -0.39 is 0 Å². The average molecular weight is 258 g/mol. The number of nitrogens with zero attached hydrogens (tertiary/aromatic N) is 1. The number of aromatic hydroxyl groups is 1. The van der Waals surface area contributed by atoms with Crippen molar-refractivity contribution in [3.05, 3.63) is 48.2 Å². The molecule has 0 aliphatic carbocycles. The van der Waals surface area contributed by atoms with Crippen molar-refractivity contribution in [3.63, 3.8) is 0 Å². The lowest BCUT2D eigenvalue weighted by Gasteiger charge is -2.18. The molecule has 0 fully saturated rings. The monoisotopic (exact) mass is 258 g/mol. The highest BCUT2D eigenvalue weighted by Gasteiger charge is 2.12. The highest BCUT2D eigenvalue weighted by atomic mass is 16.5. The van der Waals surface area contributed by atoms with Crippen molar-refractivity contribution < 1.29 is 9.84 Å². The smallest absolute Gasteiger partial charge is 0.237 e. The summed E-state index contributed by atoms with van der Waals surface area (Å²) >= 11 is 0. The van der Waals surface area contributed by atoms with Crippen LogP contribution in [-0.4, -0.2) is 16.7 Å². The van der Waals surface area contributed by atoms with E-state index in [2.05, 4.69) is 10.3 Å². The molecule has 19 heavy (non-hydrogen) atoms. The van der Waals surface area contributed by atoms with Crippen molar-refractivity contribution in [1.29, 1.82) is 0 Å². The summed E-state index contributed by atoms with van der Waals surface area (Å²) in [6.07, 6.45) is 1.70. The van der Waals surface area contributed by atoms with E-state index >= 15 is 0 Å². The second kappa shape index (κ2) is 6.09. The zero-order valence-corrected chi connectivity index (χ0v) is 11.1. The number of para-hydroxylation sites is 1. The van der Waals surface area contributed by atoms with Gasteiger partial charge in [0.15, 0.2) is 0 Å². The Kier molecular flexibility index (Phi) is 4.23. The summed E-state index contributed by atoms with van der Waals surface area (Å²) in [7, 11) is 0. The molecule has 0 saturated heterocycles. The van der Waals surface area contributed by atoms with Crippen LogP contribution in [0.3, 0.4) is 0 Å². The molecular weight excluding hydrogens is 240 g/mol.